The highest BCUT2D eigenvalue weighted by molar-refractivity contribution is 7.89. The molecule has 5 nitrogen and oxygen atoms in total. The molecular formula is C23H25NO4S. The summed E-state index contributed by atoms with van der Waals surface area (Å²) in [6.07, 6.45) is 0. The Morgan fingerprint density at radius 2 is 1.59 bits per heavy atom. The Labute approximate surface area is 172 Å². The molecule has 0 bridgehead atoms. The van der Waals surface area contributed by atoms with Crippen LogP contribution in [0, 0.1) is 6.92 Å². The fourth-order valence-corrected chi connectivity index (χ4v) is 4.75. The Hall–Kier alpha value is -2.70. The Kier molecular flexibility index (Phi) is 6.05. The number of carbonyl (C=O) groups excluding carboxylic acids is 1. The van der Waals surface area contributed by atoms with Crippen molar-refractivity contribution in [3.05, 3.63) is 82.9 Å². The van der Waals surface area contributed by atoms with Gasteiger partial charge in [0.05, 0.1) is 17.1 Å². The van der Waals surface area contributed by atoms with Crippen LogP contribution in [0.4, 0.5) is 0 Å². The van der Waals surface area contributed by atoms with Crippen LogP contribution in [0.1, 0.15) is 35.3 Å². The number of hydrogen-bond donors (Lipinski definition) is 0. The molecule has 1 aliphatic heterocycles. The Balaban J connectivity index is 1.78. The van der Waals surface area contributed by atoms with Crippen LogP contribution in [0.25, 0.3) is 5.57 Å². The molecule has 0 spiro atoms. The van der Waals surface area contributed by atoms with Gasteiger partial charge in [0.2, 0.25) is 10.0 Å². The van der Waals surface area contributed by atoms with Gasteiger partial charge in [-0.2, -0.15) is 4.31 Å². The number of sulfonamides is 1. The molecule has 0 radical (unpaired) electrons. The average molecular weight is 412 g/mol. The lowest BCUT2D eigenvalue weighted by atomic mass is 9.97. The monoisotopic (exact) mass is 411 g/mol. The standard InChI is InChI=1S/C23H25NO4S/c1-5-28-23(25)20-10-8-19(9-11-20)18(4)22-15-24(14-17(22)3)29(26,27)21-12-6-16(2)7-13-21/h6-13H,4-5,14-15H2,1-3H3. The van der Waals surface area contributed by atoms with Crippen molar-refractivity contribution >= 4 is 21.6 Å². The lowest BCUT2D eigenvalue weighted by Gasteiger charge is -2.17. The van der Waals surface area contributed by atoms with Crippen LogP contribution in [0.5, 0.6) is 0 Å². The summed E-state index contributed by atoms with van der Waals surface area (Å²) in [4.78, 5) is 12.1. The van der Waals surface area contributed by atoms with E-state index in [-0.39, 0.29) is 12.5 Å². The van der Waals surface area contributed by atoms with E-state index >= 15 is 0 Å². The first-order chi connectivity index (χ1) is 13.7. The van der Waals surface area contributed by atoms with Gasteiger partial charge in [0.15, 0.2) is 0 Å². The predicted molar refractivity (Wildman–Crippen MR) is 114 cm³/mol. The Morgan fingerprint density at radius 1 is 1.00 bits per heavy atom. The van der Waals surface area contributed by atoms with Gasteiger partial charge in [0, 0.05) is 13.1 Å². The number of benzene rings is 2. The zero-order valence-electron chi connectivity index (χ0n) is 16.9. The summed E-state index contributed by atoms with van der Waals surface area (Å²) in [6, 6.07) is 13.9. The van der Waals surface area contributed by atoms with Crippen LogP contribution in [0.3, 0.4) is 0 Å². The summed E-state index contributed by atoms with van der Waals surface area (Å²) in [5.74, 6) is -0.365. The van der Waals surface area contributed by atoms with Gasteiger partial charge in [0.1, 0.15) is 0 Å². The van der Waals surface area contributed by atoms with Crippen LogP contribution in [0.15, 0.2) is 71.2 Å². The van der Waals surface area contributed by atoms with Gasteiger partial charge in [-0.1, -0.05) is 42.0 Å². The average Bonchev–Trinajstić information content (AvgIpc) is 3.10. The molecule has 3 rings (SSSR count). The molecule has 1 heterocycles. The third-order valence-corrected chi connectivity index (χ3v) is 6.84. The largest absolute Gasteiger partial charge is 0.462 e. The van der Waals surface area contributed by atoms with Crippen molar-refractivity contribution < 1.29 is 17.9 Å². The molecule has 0 aromatic heterocycles. The number of esters is 1. The lowest BCUT2D eigenvalue weighted by molar-refractivity contribution is 0.0526. The summed E-state index contributed by atoms with van der Waals surface area (Å²) < 4.78 is 32.5. The maximum Gasteiger partial charge on any atom is 0.338 e. The number of carbonyl (C=O) groups is 1. The van der Waals surface area contributed by atoms with Crippen molar-refractivity contribution in [1.29, 1.82) is 0 Å². The summed E-state index contributed by atoms with van der Waals surface area (Å²) in [7, 11) is -3.57. The quantitative estimate of drug-likeness (QED) is 0.668. The Bertz CT molecular complexity index is 1060. The second-order valence-corrected chi connectivity index (χ2v) is 9.06. The Morgan fingerprint density at radius 3 is 2.17 bits per heavy atom. The molecule has 2 aromatic carbocycles. The number of rotatable bonds is 6. The molecule has 0 atom stereocenters. The van der Waals surface area contributed by atoms with Crippen LogP contribution in [0.2, 0.25) is 0 Å². The first-order valence-corrected chi connectivity index (χ1v) is 10.9. The van der Waals surface area contributed by atoms with Gasteiger partial charge < -0.3 is 4.74 Å². The van der Waals surface area contributed by atoms with Gasteiger partial charge in [0.25, 0.3) is 0 Å². The van der Waals surface area contributed by atoms with Crippen LogP contribution >= 0.6 is 0 Å². The van der Waals surface area contributed by atoms with Crippen molar-refractivity contribution in [3.8, 4) is 0 Å². The zero-order chi connectivity index (χ0) is 21.2. The van der Waals surface area contributed by atoms with E-state index in [0.717, 1.165) is 27.8 Å². The minimum Gasteiger partial charge on any atom is -0.462 e. The number of nitrogens with zero attached hydrogens (tertiary/aromatic N) is 1. The van der Waals surface area contributed by atoms with Crippen molar-refractivity contribution in [3.63, 3.8) is 0 Å². The smallest absolute Gasteiger partial charge is 0.338 e. The molecule has 152 valence electrons. The molecule has 29 heavy (non-hydrogen) atoms. The van der Waals surface area contributed by atoms with Crippen molar-refractivity contribution in [2.45, 2.75) is 25.7 Å². The molecule has 1 aliphatic rings. The summed E-state index contributed by atoms with van der Waals surface area (Å²) in [5, 5.41) is 0. The van der Waals surface area contributed by atoms with Crippen LogP contribution < -0.4 is 0 Å². The van der Waals surface area contributed by atoms with Gasteiger partial charge >= 0.3 is 5.97 Å². The molecular weight excluding hydrogens is 386 g/mol. The topological polar surface area (TPSA) is 63.7 Å². The number of aryl methyl sites for hydroxylation is 1. The number of ether oxygens (including phenoxy) is 1. The molecule has 0 amide bonds. The SMILES string of the molecule is C=C(C1=C(C)CN(S(=O)(=O)c2ccc(C)cc2)C1)c1ccc(C(=O)OCC)cc1. The van der Waals surface area contributed by atoms with E-state index in [1.807, 2.05) is 26.0 Å². The molecule has 0 N–H and O–H groups in total. The second-order valence-electron chi connectivity index (χ2n) is 7.12. The molecule has 0 fully saturated rings. The highest BCUT2D eigenvalue weighted by atomic mass is 32.2. The van der Waals surface area contributed by atoms with E-state index in [1.54, 1.807) is 43.3 Å². The van der Waals surface area contributed by atoms with Gasteiger partial charge in [-0.15, -0.1) is 0 Å². The van der Waals surface area contributed by atoms with Crippen molar-refractivity contribution in [1.82, 2.24) is 4.31 Å². The highest BCUT2D eigenvalue weighted by Gasteiger charge is 2.31. The normalized spacial score (nSPS) is 14.9. The zero-order valence-corrected chi connectivity index (χ0v) is 17.8. The minimum atomic E-state index is -3.57. The first kappa shape index (κ1) is 21.0. The van der Waals surface area contributed by atoms with Crippen LogP contribution in [-0.2, 0) is 14.8 Å². The van der Waals surface area contributed by atoms with Crippen molar-refractivity contribution in [2.75, 3.05) is 19.7 Å². The van der Waals surface area contributed by atoms with E-state index in [1.165, 1.54) is 4.31 Å². The van der Waals surface area contributed by atoms with E-state index in [9.17, 15) is 13.2 Å². The van der Waals surface area contributed by atoms with E-state index < -0.39 is 10.0 Å². The summed E-state index contributed by atoms with van der Waals surface area (Å²) >= 11 is 0. The van der Waals surface area contributed by atoms with Gasteiger partial charge in [-0.25, -0.2) is 13.2 Å². The van der Waals surface area contributed by atoms with Gasteiger partial charge in [-0.3, -0.25) is 0 Å². The molecule has 0 unspecified atom stereocenters. The molecule has 0 aliphatic carbocycles. The van der Waals surface area contributed by atoms with E-state index in [4.69, 9.17) is 4.74 Å². The highest BCUT2D eigenvalue weighted by Crippen LogP contribution is 2.32. The van der Waals surface area contributed by atoms with Crippen LogP contribution in [-0.4, -0.2) is 38.4 Å². The maximum absolute atomic E-state index is 13.0. The van der Waals surface area contributed by atoms with E-state index in [0.29, 0.717) is 23.6 Å². The van der Waals surface area contributed by atoms with E-state index in [2.05, 4.69) is 6.58 Å². The minimum absolute atomic E-state index is 0.278. The molecule has 6 heteroatoms. The molecule has 2 aromatic rings. The fraction of sp³-hybridized carbons (Fsp3) is 0.261. The fourth-order valence-electron chi connectivity index (χ4n) is 3.31. The lowest BCUT2D eigenvalue weighted by Crippen LogP contribution is -2.29. The third-order valence-electron chi connectivity index (χ3n) is 5.03. The predicted octanol–water partition coefficient (Wildman–Crippen LogP) is 4.21. The van der Waals surface area contributed by atoms with Crippen molar-refractivity contribution in [2.24, 2.45) is 0 Å². The number of hydrogen-bond acceptors (Lipinski definition) is 4. The third kappa shape index (κ3) is 4.33. The van der Waals surface area contributed by atoms with Gasteiger partial charge in [-0.05, 0) is 61.7 Å². The summed E-state index contributed by atoms with van der Waals surface area (Å²) in [5.41, 5.74) is 4.98. The maximum atomic E-state index is 13.0. The first-order valence-electron chi connectivity index (χ1n) is 9.46. The second kappa shape index (κ2) is 8.35. The molecule has 0 saturated heterocycles. The molecule has 0 saturated carbocycles. The summed E-state index contributed by atoms with van der Waals surface area (Å²) in [6.45, 7) is 10.7.